The molecule has 0 N–H and O–H groups in total. The SMILES string of the molecule is Cc1cccc(OCC(=O)Oc2ccccc2C(C)(C)C)c1. The molecular weight excluding hydrogens is 276 g/mol. The summed E-state index contributed by atoms with van der Waals surface area (Å²) >= 11 is 0. The van der Waals surface area contributed by atoms with Crippen LogP contribution in [0.5, 0.6) is 11.5 Å². The Morgan fingerprint density at radius 1 is 1.05 bits per heavy atom. The summed E-state index contributed by atoms with van der Waals surface area (Å²) in [5.41, 5.74) is 2.00. The minimum absolute atomic E-state index is 0.0890. The van der Waals surface area contributed by atoms with Gasteiger partial charge in [0.15, 0.2) is 6.61 Å². The van der Waals surface area contributed by atoms with Gasteiger partial charge in [0, 0.05) is 5.56 Å². The van der Waals surface area contributed by atoms with E-state index >= 15 is 0 Å². The number of aryl methyl sites for hydroxylation is 1. The van der Waals surface area contributed by atoms with E-state index in [1.54, 1.807) is 0 Å². The minimum Gasteiger partial charge on any atom is -0.482 e. The maximum Gasteiger partial charge on any atom is 0.349 e. The van der Waals surface area contributed by atoms with E-state index in [-0.39, 0.29) is 12.0 Å². The van der Waals surface area contributed by atoms with Crippen LogP contribution in [0.25, 0.3) is 0 Å². The number of esters is 1. The number of carbonyl (C=O) groups is 1. The molecule has 0 aliphatic rings. The summed E-state index contributed by atoms with van der Waals surface area (Å²) < 4.78 is 10.9. The zero-order chi connectivity index (χ0) is 16.2. The van der Waals surface area contributed by atoms with Crippen molar-refractivity contribution >= 4 is 5.97 Å². The van der Waals surface area contributed by atoms with Gasteiger partial charge in [0.2, 0.25) is 0 Å². The van der Waals surface area contributed by atoms with Crippen LogP contribution in [0.15, 0.2) is 48.5 Å². The first kappa shape index (κ1) is 16.1. The molecule has 0 aromatic heterocycles. The standard InChI is InChI=1S/C19H22O3/c1-14-8-7-9-15(12-14)21-13-18(20)22-17-11-6-5-10-16(17)19(2,3)4/h5-12H,13H2,1-4H3. The third-order valence-corrected chi connectivity index (χ3v) is 3.27. The molecule has 0 aliphatic carbocycles. The van der Waals surface area contributed by atoms with Gasteiger partial charge in [-0.25, -0.2) is 4.79 Å². The Morgan fingerprint density at radius 3 is 2.45 bits per heavy atom. The molecule has 0 atom stereocenters. The molecule has 0 spiro atoms. The van der Waals surface area contributed by atoms with E-state index in [1.165, 1.54) is 0 Å². The highest BCUT2D eigenvalue weighted by atomic mass is 16.6. The van der Waals surface area contributed by atoms with Gasteiger partial charge in [0.25, 0.3) is 0 Å². The van der Waals surface area contributed by atoms with Crippen molar-refractivity contribution in [3.63, 3.8) is 0 Å². The number of rotatable bonds is 4. The largest absolute Gasteiger partial charge is 0.482 e. The van der Waals surface area contributed by atoms with E-state index in [1.807, 2.05) is 55.5 Å². The Balaban J connectivity index is 2.01. The summed E-state index contributed by atoms with van der Waals surface area (Å²) in [6.07, 6.45) is 0. The van der Waals surface area contributed by atoms with Crippen LogP contribution < -0.4 is 9.47 Å². The molecule has 0 heterocycles. The first-order chi connectivity index (χ1) is 10.4. The van der Waals surface area contributed by atoms with Crippen molar-refractivity contribution in [3.05, 3.63) is 59.7 Å². The molecule has 3 heteroatoms. The van der Waals surface area contributed by atoms with Gasteiger partial charge in [0.1, 0.15) is 11.5 Å². The Hall–Kier alpha value is -2.29. The maximum atomic E-state index is 12.0. The highest BCUT2D eigenvalue weighted by Gasteiger charge is 2.20. The van der Waals surface area contributed by atoms with E-state index in [2.05, 4.69) is 20.8 Å². The fourth-order valence-electron chi connectivity index (χ4n) is 2.17. The third-order valence-electron chi connectivity index (χ3n) is 3.27. The van der Waals surface area contributed by atoms with Crippen molar-refractivity contribution in [2.45, 2.75) is 33.1 Å². The highest BCUT2D eigenvalue weighted by molar-refractivity contribution is 5.74. The second kappa shape index (κ2) is 6.65. The van der Waals surface area contributed by atoms with Crippen molar-refractivity contribution < 1.29 is 14.3 Å². The zero-order valence-electron chi connectivity index (χ0n) is 13.6. The predicted molar refractivity (Wildman–Crippen MR) is 87.5 cm³/mol. The van der Waals surface area contributed by atoms with Crippen molar-refractivity contribution in [1.29, 1.82) is 0 Å². The average Bonchev–Trinajstić information content (AvgIpc) is 2.45. The molecule has 0 saturated carbocycles. The second-order valence-corrected chi connectivity index (χ2v) is 6.33. The summed E-state index contributed by atoms with van der Waals surface area (Å²) in [5, 5.41) is 0. The Bertz CT molecular complexity index is 654. The molecule has 2 aromatic rings. The number of hydrogen-bond donors (Lipinski definition) is 0. The van der Waals surface area contributed by atoms with E-state index in [0.717, 1.165) is 11.1 Å². The maximum absolute atomic E-state index is 12.0. The van der Waals surface area contributed by atoms with Crippen LogP contribution in [0.3, 0.4) is 0 Å². The fourth-order valence-corrected chi connectivity index (χ4v) is 2.17. The van der Waals surface area contributed by atoms with Crippen LogP contribution in [-0.4, -0.2) is 12.6 Å². The molecule has 2 aromatic carbocycles. The number of carbonyl (C=O) groups excluding carboxylic acids is 1. The van der Waals surface area contributed by atoms with Gasteiger partial charge in [-0.15, -0.1) is 0 Å². The molecule has 0 radical (unpaired) electrons. The lowest BCUT2D eigenvalue weighted by Gasteiger charge is -2.22. The van der Waals surface area contributed by atoms with E-state index < -0.39 is 5.97 Å². The third kappa shape index (κ3) is 4.35. The van der Waals surface area contributed by atoms with Crippen molar-refractivity contribution in [1.82, 2.24) is 0 Å². The molecule has 2 rings (SSSR count). The summed E-state index contributed by atoms with van der Waals surface area (Å²) in [7, 11) is 0. The normalized spacial score (nSPS) is 11.1. The summed E-state index contributed by atoms with van der Waals surface area (Å²) in [5.74, 6) is 0.854. The molecule has 0 saturated heterocycles. The first-order valence-electron chi connectivity index (χ1n) is 7.36. The number of hydrogen-bond acceptors (Lipinski definition) is 3. The van der Waals surface area contributed by atoms with Crippen LogP contribution in [0.2, 0.25) is 0 Å². The molecule has 22 heavy (non-hydrogen) atoms. The van der Waals surface area contributed by atoms with Crippen LogP contribution in [0.4, 0.5) is 0 Å². The second-order valence-electron chi connectivity index (χ2n) is 6.33. The Morgan fingerprint density at radius 2 is 1.77 bits per heavy atom. The van der Waals surface area contributed by atoms with Crippen LogP contribution in [0.1, 0.15) is 31.9 Å². The quantitative estimate of drug-likeness (QED) is 0.624. The average molecular weight is 298 g/mol. The molecular formula is C19H22O3. The summed E-state index contributed by atoms with van der Waals surface area (Å²) in [6.45, 7) is 8.13. The number of para-hydroxylation sites is 1. The lowest BCUT2D eigenvalue weighted by molar-refractivity contribution is -0.136. The van der Waals surface area contributed by atoms with E-state index in [9.17, 15) is 4.79 Å². The highest BCUT2D eigenvalue weighted by Crippen LogP contribution is 2.31. The lowest BCUT2D eigenvalue weighted by atomic mass is 9.86. The summed E-state index contributed by atoms with van der Waals surface area (Å²) in [6, 6.07) is 15.2. The fraction of sp³-hybridized carbons (Fsp3) is 0.316. The zero-order valence-corrected chi connectivity index (χ0v) is 13.6. The molecule has 3 nitrogen and oxygen atoms in total. The minimum atomic E-state index is -0.404. The van der Waals surface area contributed by atoms with Gasteiger partial charge in [-0.2, -0.15) is 0 Å². The van der Waals surface area contributed by atoms with Gasteiger partial charge >= 0.3 is 5.97 Å². The molecule has 0 bridgehead atoms. The van der Waals surface area contributed by atoms with Gasteiger partial charge in [-0.3, -0.25) is 0 Å². The van der Waals surface area contributed by atoms with Crippen LogP contribution in [0, 0.1) is 6.92 Å². The van der Waals surface area contributed by atoms with E-state index in [4.69, 9.17) is 9.47 Å². The molecule has 0 amide bonds. The predicted octanol–water partition coefficient (Wildman–Crippen LogP) is 4.28. The van der Waals surface area contributed by atoms with Crippen molar-refractivity contribution in [2.24, 2.45) is 0 Å². The molecule has 0 fully saturated rings. The number of ether oxygens (including phenoxy) is 2. The van der Waals surface area contributed by atoms with Gasteiger partial charge < -0.3 is 9.47 Å². The molecule has 0 aliphatic heterocycles. The smallest absolute Gasteiger partial charge is 0.349 e. The Kier molecular flexibility index (Phi) is 4.86. The monoisotopic (exact) mass is 298 g/mol. The topological polar surface area (TPSA) is 35.5 Å². The molecule has 116 valence electrons. The van der Waals surface area contributed by atoms with Gasteiger partial charge in [0.05, 0.1) is 0 Å². The molecule has 0 unspecified atom stereocenters. The van der Waals surface area contributed by atoms with Crippen molar-refractivity contribution in [3.8, 4) is 11.5 Å². The van der Waals surface area contributed by atoms with Gasteiger partial charge in [-0.05, 0) is 36.1 Å². The number of benzene rings is 2. The van der Waals surface area contributed by atoms with Crippen molar-refractivity contribution in [2.75, 3.05) is 6.61 Å². The summed E-state index contributed by atoms with van der Waals surface area (Å²) in [4.78, 5) is 12.0. The van der Waals surface area contributed by atoms with Crippen LogP contribution >= 0.6 is 0 Å². The lowest BCUT2D eigenvalue weighted by Crippen LogP contribution is -2.20. The Labute approximate surface area is 131 Å². The van der Waals surface area contributed by atoms with Gasteiger partial charge in [-0.1, -0.05) is 51.1 Å². The van der Waals surface area contributed by atoms with Crippen LogP contribution in [-0.2, 0) is 10.2 Å². The first-order valence-corrected chi connectivity index (χ1v) is 7.36. The van der Waals surface area contributed by atoms with E-state index in [0.29, 0.717) is 11.5 Å².